The number of unbranched alkanes of at least 4 members (excludes halogenated alkanes) is 2. The smallest absolute Gasteiger partial charge is 0.222 e. The summed E-state index contributed by atoms with van der Waals surface area (Å²) in [6.07, 6.45) is 4.95. The molecule has 0 saturated carbocycles. The van der Waals surface area contributed by atoms with Crippen molar-refractivity contribution >= 4 is 28.5 Å². The Bertz CT molecular complexity index is 1030. The zero-order valence-corrected chi connectivity index (χ0v) is 20.1. The average molecular weight is 456 g/mol. The Morgan fingerprint density at radius 3 is 2.72 bits per heavy atom. The number of amides is 1. The standard InChI is InChI=1S/C26H34ClN3O2/c1-19(2)26(31)28-15-8-4-5-12-25-29-23-10-6-7-11-24(23)30(25)16-9-17-32-21-13-14-22(27)20(3)18-21/h6-7,10-11,13-14,18-19H,4-5,8-9,12,15-17H2,1-3H3,(H,28,31). The summed E-state index contributed by atoms with van der Waals surface area (Å²) in [6, 6.07) is 14.1. The maximum absolute atomic E-state index is 11.6. The minimum Gasteiger partial charge on any atom is -0.494 e. The minimum atomic E-state index is 0.0441. The molecule has 0 radical (unpaired) electrons. The summed E-state index contributed by atoms with van der Waals surface area (Å²) in [7, 11) is 0. The molecule has 1 amide bonds. The second-order valence-electron chi connectivity index (χ2n) is 8.54. The molecule has 0 bridgehead atoms. The van der Waals surface area contributed by atoms with Crippen LogP contribution in [-0.4, -0.2) is 28.6 Å². The lowest BCUT2D eigenvalue weighted by Gasteiger charge is -2.11. The van der Waals surface area contributed by atoms with E-state index in [1.54, 1.807) is 0 Å². The Kier molecular flexibility index (Phi) is 8.98. The number of carbonyl (C=O) groups excluding carboxylic acids is 1. The van der Waals surface area contributed by atoms with Gasteiger partial charge in [-0.1, -0.05) is 44.0 Å². The van der Waals surface area contributed by atoms with E-state index in [4.69, 9.17) is 21.3 Å². The van der Waals surface area contributed by atoms with Gasteiger partial charge in [0.05, 0.1) is 17.6 Å². The lowest BCUT2D eigenvalue weighted by molar-refractivity contribution is -0.123. The monoisotopic (exact) mass is 455 g/mol. The number of hydrogen-bond acceptors (Lipinski definition) is 3. The number of aromatic nitrogens is 2. The number of halogens is 1. The third-order valence-electron chi connectivity index (χ3n) is 5.56. The number of carbonyl (C=O) groups is 1. The van der Waals surface area contributed by atoms with Gasteiger partial charge in [0.2, 0.25) is 5.91 Å². The Morgan fingerprint density at radius 2 is 1.94 bits per heavy atom. The minimum absolute atomic E-state index is 0.0441. The fourth-order valence-electron chi connectivity index (χ4n) is 3.69. The van der Waals surface area contributed by atoms with E-state index in [2.05, 4.69) is 28.1 Å². The third kappa shape index (κ3) is 6.73. The number of benzene rings is 2. The molecule has 0 fully saturated rings. The molecule has 2 aromatic carbocycles. The highest BCUT2D eigenvalue weighted by Crippen LogP contribution is 2.22. The second-order valence-corrected chi connectivity index (χ2v) is 8.94. The topological polar surface area (TPSA) is 56.1 Å². The van der Waals surface area contributed by atoms with Crippen molar-refractivity contribution in [2.45, 2.75) is 59.4 Å². The van der Waals surface area contributed by atoms with Crippen molar-refractivity contribution in [2.75, 3.05) is 13.2 Å². The van der Waals surface area contributed by atoms with Crippen molar-refractivity contribution in [1.29, 1.82) is 0 Å². The molecular weight excluding hydrogens is 422 g/mol. The van der Waals surface area contributed by atoms with Gasteiger partial charge < -0.3 is 14.6 Å². The molecule has 0 aliphatic carbocycles. The van der Waals surface area contributed by atoms with Crippen molar-refractivity contribution in [3.8, 4) is 5.75 Å². The molecule has 0 aliphatic heterocycles. The number of para-hydroxylation sites is 2. The van der Waals surface area contributed by atoms with Crippen molar-refractivity contribution in [2.24, 2.45) is 5.92 Å². The Labute approximate surface area is 196 Å². The molecule has 0 atom stereocenters. The van der Waals surface area contributed by atoms with Crippen LogP contribution in [0.4, 0.5) is 0 Å². The number of nitrogens with zero attached hydrogens (tertiary/aromatic N) is 2. The number of imidazole rings is 1. The van der Waals surface area contributed by atoms with Crippen LogP contribution in [0.2, 0.25) is 5.02 Å². The fourth-order valence-corrected chi connectivity index (χ4v) is 3.80. The van der Waals surface area contributed by atoms with Crippen LogP contribution in [-0.2, 0) is 17.8 Å². The summed E-state index contributed by atoms with van der Waals surface area (Å²) >= 11 is 6.09. The second kappa shape index (κ2) is 11.9. The van der Waals surface area contributed by atoms with Gasteiger partial charge in [-0.25, -0.2) is 4.98 Å². The highest BCUT2D eigenvalue weighted by molar-refractivity contribution is 6.31. The largest absolute Gasteiger partial charge is 0.494 e. The molecule has 0 unspecified atom stereocenters. The molecule has 3 rings (SSSR count). The van der Waals surface area contributed by atoms with E-state index in [0.717, 1.165) is 72.9 Å². The van der Waals surface area contributed by atoms with E-state index in [-0.39, 0.29) is 11.8 Å². The van der Waals surface area contributed by atoms with Crippen molar-refractivity contribution in [1.82, 2.24) is 14.9 Å². The predicted molar refractivity (Wildman–Crippen MR) is 131 cm³/mol. The van der Waals surface area contributed by atoms with Crippen molar-refractivity contribution in [3.63, 3.8) is 0 Å². The summed E-state index contributed by atoms with van der Waals surface area (Å²) in [5.74, 6) is 2.15. The lowest BCUT2D eigenvalue weighted by atomic mass is 10.1. The molecule has 0 spiro atoms. The van der Waals surface area contributed by atoms with E-state index in [9.17, 15) is 4.79 Å². The number of hydrogen-bond donors (Lipinski definition) is 1. The van der Waals surface area contributed by atoms with Crippen LogP contribution in [0.3, 0.4) is 0 Å². The van der Waals surface area contributed by atoms with Crippen LogP contribution in [0, 0.1) is 12.8 Å². The molecule has 0 saturated heterocycles. The number of rotatable bonds is 12. The van der Waals surface area contributed by atoms with E-state index < -0.39 is 0 Å². The first kappa shape index (κ1) is 24.1. The highest BCUT2D eigenvalue weighted by atomic mass is 35.5. The van der Waals surface area contributed by atoms with E-state index in [0.29, 0.717) is 6.61 Å². The Morgan fingerprint density at radius 1 is 1.12 bits per heavy atom. The highest BCUT2D eigenvalue weighted by Gasteiger charge is 2.11. The zero-order chi connectivity index (χ0) is 22.9. The quantitative estimate of drug-likeness (QED) is 0.343. The van der Waals surface area contributed by atoms with Gasteiger partial charge >= 0.3 is 0 Å². The van der Waals surface area contributed by atoms with Crippen molar-refractivity contribution in [3.05, 3.63) is 58.9 Å². The van der Waals surface area contributed by atoms with Crippen molar-refractivity contribution < 1.29 is 9.53 Å². The average Bonchev–Trinajstić information content (AvgIpc) is 3.13. The fraction of sp³-hybridized carbons (Fsp3) is 0.462. The molecule has 0 aliphatic rings. The lowest BCUT2D eigenvalue weighted by Crippen LogP contribution is -2.28. The van der Waals surface area contributed by atoms with Gasteiger partial charge in [-0.15, -0.1) is 0 Å². The molecule has 3 aromatic rings. The predicted octanol–water partition coefficient (Wildman–Crippen LogP) is 5.95. The summed E-state index contributed by atoms with van der Waals surface area (Å²) in [5.41, 5.74) is 3.24. The number of ether oxygens (including phenoxy) is 1. The number of fused-ring (bicyclic) bond motifs is 1. The van der Waals surface area contributed by atoms with E-state index in [1.165, 1.54) is 5.52 Å². The van der Waals surface area contributed by atoms with Gasteiger partial charge in [-0.3, -0.25) is 4.79 Å². The van der Waals surface area contributed by atoms with Gasteiger partial charge in [-0.2, -0.15) is 0 Å². The summed E-state index contributed by atoms with van der Waals surface area (Å²) in [5, 5.41) is 3.75. The first-order chi connectivity index (χ1) is 15.5. The van der Waals surface area contributed by atoms with Gasteiger partial charge in [0.25, 0.3) is 0 Å². The summed E-state index contributed by atoms with van der Waals surface area (Å²) in [4.78, 5) is 16.5. The zero-order valence-electron chi connectivity index (χ0n) is 19.4. The molecule has 1 heterocycles. The molecule has 1 N–H and O–H groups in total. The van der Waals surface area contributed by atoms with Gasteiger partial charge in [0.1, 0.15) is 11.6 Å². The first-order valence-electron chi connectivity index (χ1n) is 11.6. The third-order valence-corrected chi connectivity index (χ3v) is 5.98. The summed E-state index contributed by atoms with van der Waals surface area (Å²) in [6.45, 7) is 8.07. The van der Waals surface area contributed by atoms with Gasteiger partial charge in [0, 0.05) is 30.5 Å². The maximum Gasteiger partial charge on any atom is 0.222 e. The van der Waals surface area contributed by atoms with Crippen LogP contribution in [0.5, 0.6) is 5.75 Å². The molecule has 5 nitrogen and oxygen atoms in total. The van der Waals surface area contributed by atoms with Gasteiger partial charge in [0.15, 0.2) is 0 Å². The Balaban J connectivity index is 1.51. The van der Waals surface area contributed by atoms with Crippen LogP contribution in [0.25, 0.3) is 11.0 Å². The maximum atomic E-state index is 11.6. The molecule has 172 valence electrons. The van der Waals surface area contributed by atoms with E-state index in [1.807, 2.05) is 45.0 Å². The molecule has 1 aromatic heterocycles. The van der Waals surface area contributed by atoms with Crippen LogP contribution >= 0.6 is 11.6 Å². The van der Waals surface area contributed by atoms with Crippen LogP contribution in [0.15, 0.2) is 42.5 Å². The van der Waals surface area contributed by atoms with Crippen LogP contribution < -0.4 is 10.1 Å². The number of nitrogens with one attached hydrogen (secondary N) is 1. The summed E-state index contributed by atoms with van der Waals surface area (Å²) < 4.78 is 8.25. The Hall–Kier alpha value is -2.53. The SMILES string of the molecule is Cc1cc(OCCCn2c(CCCCCNC(=O)C(C)C)nc3ccccc32)ccc1Cl. The normalized spacial score (nSPS) is 11.3. The molecular formula is C26H34ClN3O2. The first-order valence-corrected chi connectivity index (χ1v) is 11.9. The van der Waals surface area contributed by atoms with Gasteiger partial charge in [-0.05, 0) is 62.1 Å². The van der Waals surface area contributed by atoms with E-state index >= 15 is 0 Å². The molecule has 32 heavy (non-hydrogen) atoms. The number of aryl methyl sites for hydroxylation is 3. The van der Waals surface area contributed by atoms with Crippen LogP contribution in [0.1, 0.15) is 50.9 Å². The molecule has 6 heteroatoms.